The number of carbonyl (C=O) groups is 1. The van der Waals surface area contributed by atoms with E-state index in [1.54, 1.807) is 9.81 Å². The third kappa shape index (κ3) is 2.39. The fourth-order valence-electron chi connectivity index (χ4n) is 2.99. The third-order valence-electron chi connectivity index (χ3n) is 3.84. The van der Waals surface area contributed by atoms with E-state index in [2.05, 4.69) is 4.90 Å². The van der Waals surface area contributed by atoms with E-state index < -0.39 is 0 Å². The van der Waals surface area contributed by atoms with Gasteiger partial charge in [0.1, 0.15) is 0 Å². The molecule has 0 aromatic carbocycles. The number of amides is 1. The van der Waals surface area contributed by atoms with E-state index in [-0.39, 0.29) is 0 Å². The molecule has 3 aliphatic rings. The number of nitrogens with zero attached hydrogens (tertiary/aromatic N) is 1. The maximum atomic E-state index is 11.9. The lowest BCUT2D eigenvalue weighted by Gasteiger charge is -2.27. The van der Waals surface area contributed by atoms with E-state index in [0.29, 0.717) is 11.9 Å². The van der Waals surface area contributed by atoms with E-state index >= 15 is 0 Å². The van der Waals surface area contributed by atoms with Gasteiger partial charge in [-0.15, -0.1) is 23.5 Å². The first-order chi connectivity index (χ1) is 8.36. The first-order valence-electron chi connectivity index (χ1n) is 6.64. The molecule has 3 rings (SSSR count). The van der Waals surface area contributed by atoms with Crippen LogP contribution in [0.15, 0.2) is 9.81 Å². The van der Waals surface area contributed by atoms with Crippen LogP contribution in [0.5, 0.6) is 0 Å². The standard InChI is InChI=1S/C13H19NOS2/c15-12-6-5-11-10(4-1-2-7-14(11)12)13-16-8-3-9-17-13/h11H,1-9H2. The highest BCUT2D eigenvalue weighted by molar-refractivity contribution is 8.22. The van der Waals surface area contributed by atoms with Crippen molar-refractivity contribution in [2.75, 3.05) is 18.1 Å². The molecular formula is C13H19NOS2. The van der Waals surface area contributed by atoms with Gasteiger partial charge in [-0.1, -0.05) is 0 Å². The molecule has 3 fully saturated rings. The molecule has 3 saturated heterocycles. The van der Waals surface area contributed by atoms with Crippen LogP contribution in [0.1, 0.15) is 38.5 Å². The molecule has 0 aliphatic carbocycles. The van der Waals surface area contributed by atoms with E-state index in [0.717, 1.165) is 19.4 Å². The van der Waals surface area contributed by atoms with Crippen molar-refractivity contribution >= 4 is 29.4 Å². The zero-order chi connectivity index (χ0) is 11.7. The van der Waals surface area contributed by atoms with Crippen molar-refractivity contribution < 1.29 is 4.79 Å². The Labute approximate surface area is 112 Å². The predicted octanol–water partition coefficient (Wildman–Crippen LogP) is 3.24. The summed E-state index contributed by atoms with van der Waals surface area (Å²) in [5, 5.41) is 0. The number of thioether (sulfide) groups is 2. The van der Waals surface area contributed by atoms with Gasteiger partial charge < -0.3 is 4.90 Å². The average Bonchev–Trinajstić information content (AvgIpc) is 2.62. The molecule has 4 heteroatoms. The molecule has 17 heavy (non-hydrogen) atoms. The van der Waals surface area contributed by atoms with Crippen LogP contribution in [-0.2, 0) is 4.79 Å². The van der Waals surface area contributed by atoms with Gasteiger partial charge in [0, 0.05) is 17.2 Å². The predicted molar refractivity (Wildman–Crippen MR) is 75.1 cm³/mol. The highest BCUT2D eigenvalue weighted by Gasteiger charge is 2.36. The minimum Gasteiger partial charge on any atom is -0.336 e. The highest BCUT2D eigenvalue weighted by Crippen LogP contribution is 2.43. The van der Waals surface area contributed by atoms with Gasteiger partial charge in [0.25, 0.3) is 0 Å². The summed E-state index contributed by atoms with van der Waals surface area (Å²) in [4.78, 5) is 14.0. The van der Waals surface area contributed by atoms with Crippen molar-refractivity contribution in [3.05, 3.63) is 9.81 Å². The Balaban J connectivity index is 1.88. The number of carbonyl (C=O) groups excluding carboxylic acids is 1. The Hall–Kier alpha value is -0.0900. The summed E-state index contributed by atoms with van der Waals surface area (Å²) in [7, 11) is 0. The molecule has 1 unspecified atom stereocenters. The first kappa shape index (κ1) is 12.0. The second-order valence-electron chi connectivity index (χ2n) is 4.96. The summed E-state index contributed by atoms with van der Waals surface area (Å²) in [6.45, 7) is 0.996. The topological polar surface area (TPSA) is 20.3 Å². The van der Waals surface area contributed by atoms with Crippen LogP contribution >= 0.6 is 23.5 Å². The molecule has 94 valence electrons. The molecule has 2 nitrogen and oxygen atoms in total. The molecule has 0 radical (unpaired) electrons. The van der Waals surface area contributed by atoms with Gasteiger partial charge in [0.2, 0.25) is 5.91 Å². The summed E-state index contributed by atoms with van der Waals surface area (Å²) in [5.74, 6) is 2.93. The smallest absolute Gasteiger partial charge is 0.223 e. The molecule has 1 amide bonds. The largest absolute Gasteiger partial charge is 0.336 e. The molecule has 0 N–H and O–H groups in total. The summed E-state index contributed by atoms with van der Waals surface area (Å²) in [6, 6.07) is 0.457. The number of fused-ring (bicyclic) bond motifs is 1. The minimum absolute atomic E-state index is 0.390. The fourth-order valence-corrected chi connectivity index (χ4v) is 5.81. The molecule has 3 heterocycles. The van der Waals surface area contributed by atoms with Crippen LogP contribution < -0.4 is 0 Å². The number of hydrogen-bond donors (Lipinski definition) is 0. The molecule has 0 spiro atoms. The van der Waals surface area contributed by atoms with Crippen LogP contribution in [0.4, 0.5) is 0 Å². The molecule has 3 aliphatic heterocycles. The van der Waals surface area contributed by atoms with Crippen molar-refractivity contribution in [2.24, 2.45) is 0 Å². The fraction of sp³-hybridized carbons (Fsp3) is 0.769. The SMILES string of the molecule is O=C1CCC2C(=C3SCCCS3)CCCCN12. The average molecular weight is 269 g/mol. The van der Waals surface area contributed by atoms with Crippen LogP contribution in [0.25, 0.3) is 0 Å². The van der Waals surface area contributed by atoms with Gasteiger partial charge >= 0.3 is 0 Å². The molecule has 0 saturated carbocycles. The molecule has 0 bridgehead atoms. The van der Waals surface area contributed by atoms with Crippen molar-refractivity contribution in [2.45, 2.75) is 44.6 Å². The second kappa shape index (κ2) is 5.27. The van der Waals surface area contributed by atoms with E-state index in [4.69, 9.17) is 0 Å². The quantitative estimate of drug-likeness (QED) is 0.673. The zero-order valence-electron chi connectivity index (χ0n) is 10.1. The van der Waals surface area contributed by atoms with Gasteiger partial charge in [0.15, 0.2) is 0 Å². The van der Waals surface area contributed by atoms with Crippen LogP contribution in [0.2, 0.25) is 0 Å². The normalized spacial score (nSPS) is 30.5. The maximum Gasteiger partial charge on any atom is 0.223 e. The molecular weight excluding hydrogens is 250 g/mol. The van der Waals surface area contributed by atoms with E-state index in [9.17, 15) is 4.79 Å². The second-order valence-corrected chi connectivity index (χ2v) is 7.43. The Kier molecular flexibility index (Phi) is 3.71. The van der Waals surface area contributed by atoms with Crippen molar-refractivity contribution in [3.63, 3.8) is 0 Å². The highest BCUT2D eigenvalue weighted by atomic mass is 32.2. The Morgan fingerprint density at radius 1 is 1.06 bits per heavy atom. The minimum atomic E-state index is 0.390. The third-order valence-corrected chi connectivity index (χ3v) is 6.58. The van der Waals surface area contributed by atoms with Gasteiger partial charge in [-0.25, -0.2) is 0 Å². The Morgan fingerprint density at radius 3 is 2.71 bits per heavy atom. The van der Waals surface area contributed by atoms with Crippen LogP contribution in [-0.4, -0.2) is 34.9 Å². The number of hydrogen-bond acceptors (Lipinski definition) is 3. The summed E-state index contributed by atoms with van der Waals surface area (Å²) in [6.07, 6.45) is 6.85. The lowest BCUT2D eigenvalue weighted by atomic mass is 10.0. The van der Waals surface area contributed by atoms with Gasteiger partial charge in [0.05, 0.1) is 6.04 Å². The van der Waals surface area contributed by atoms with Crippen LogP contribution in [0.3, 0.4) is 0 Å². The zero-order valence-corrected chi connectivity index (χ0v) is 11.7. The molecule has 0 aromatic heterocycles. The Bertz CT molecular complexity index is 345. The summed E-state index contributed by atoms with van der Waals surface area (Å²) in [5.41, 5.74) is 1.60. The lowest BCUT2D eigenvalue weighted by molar-refractivity contribution is -0.128. The van der Waals surface area contributed by atoms with Gasteiger partial charge in [-0.05, 0) is 49.2 Å². The lowest BCUT2D eigenvalue weighted by Crippen LogP contribution is -2.33. The van der Waals surface area contributed by atoms with Crippen molar-refractivity contribution in [1.29, 1.82) is 0 Å². The van der Waals surface area contributed by atoms with Crippen molar-refractivity contribution in [1.82, 2.24) is 4.90 Å². The Morgan fingerprint density at radius 2 is 1.88 bits per heavy atom. The monoisotopic (exact) mass is 269 g/mol. The molecule has 0 aromatic rings. The van der Waals surface area contributed by atoms with E-state index in [1.165, 1.54) is 37.2 Å². The molecule has 1 atom stereocenters. The van der Waals surface area contributed by atoms with Gasteiger partial charge in [-0.2, -0.15) is 0 Å². The summed E-state index contributed by atoms with van der Waals surface area (Å²) >= 11 is 4.07. The first-order valence-corrected chi connectivity index (χ1v) is 8.61. The van der Waals surface area contributed by atoms with Crippen LogP contribution in [0, 0.1) is 0 Å². The van der Waals surface area contributed by atoms with E-state index in [1.807, 2.05) is 23.5 Å². The van der Waals surface area contributed by atoms with Crippen molar-refractivity contribution in [3.8, 4) is 0 Å². The summed E-state index contributed by atoms with van der Waals surface area (Å²) < 4.78 is 1.56. The maximum absolute atomic E-state index is 11.9. The number of rotatable bonds is 0. The van der Waals surface area contributed by atoms with Gasteiger partial charge in [-0.3, -0.25) is 4.79 Å².